The standard InChI is InChI=1S/C15H12F3NO2/c1-7-2-4-9-12(14(20)21)10-6-8(15(16,17)18)3-5-11(10)19-13(7)9/h3,5-7H,2,4H2,1H3,(H,20,21). The number of halogens is 3. The normalized spacial score (nSPS) is 18.0. The number of nitrogens with zero attached hydrogens (tertiary/aromatic N) is 1. The summed E-state index contributed by atoms with van der Waals surface area (Å²) in [6.07, 6.45) is -3.20. The topological polar surface area (TPSA) is 50.2 Å². The lowest BCUT2D eigenvalue weighted by molar-refractivity contribution is -0.137. The molecule has 0 spiro atoms. The lowest BCUT2D eigenvalue weighted by atomic mass is 9.99. The zero-order chi connectivity index (χ0) is 15.4. The smallest absolute Gasteiger partial charge is 0.416 e. The van der Waals surface area contributed by atoms with Crippen LogP contribution in [0.15, 0.2) is 18.2 Å². The first-order valence-corrected chi connectivity index (χ1v) is 6.56. The van der Waals surface area contributed by atoms with E-state index in [1.54, 1.807) is 0 Å². The summed E-state index contributed by atoms with van der Waals surface area (Å²) in [6.45, 7) is 1.94. The predicted molar refractivity (Wildman–Crippen MR) is 70.4 cm³/mol. The molecule has 0 saturated carbocycles. The third-order valence-electron chi connectivity index (χ3n) is 3.95. The van der Waals surface area contributed by atoms with Gasteiger partial charge >= 0.3 is 12.1 Å². The van der Waals surface area contributed by atoms with Crippen molar-refractivity contribution in [3.8, 4) is 0 Å². The highest BCUT2D eigenvalue weighted by molar-refractivity contribution is 6.04. The molecule has 0 amide bonds. The maximum atomic E-state index is 12.8. The van der Waals surface area contributed by atoms with Crippen LogP contribution in [-0.4, -0.2) is 16.1 Å². The van der Waals surface area contributed by atoms with Gasteiger partial charge in [0.15, 0.2) is 0 Å². The number of benzene rings is 1. The van der Waals surface area contributed by atoms with E-state index in [0.717, 1.165) is 18.6 Å². The van der Waals surface area contributed by atoms with Gasteiger partial charge in [-0.2, -0.15) is 13.2 Å². The van der Waals surface area contributed by atoms with Crippen LogP contribution in [-0.2, 0) is 12.6 Å². The highest BCUT2D eigenvalue weighted by Crippen LogP contribution is 2.38. The Morgan fingerprint density at radius 2 is 2.10 bits per heavy atom. The van der Waals surface area contributed by atoms with Gasteiger partial charge in [0.25, 0.3) is 0 Å². The number of pyridine rings is 1. The summed E-state index contributed by atoms with van der Waals surface area (Å²) in [4.78, 5) is 15.9. The summed E-state index contributed by atoms with van der Waals surface area (Å²) in [5.41, 5.74) is 0.671. The van der Waals surface area contributed by atoms with Crippen molar-refractivity contribution in [2.24, 2.45) is 0 Å². The Morgan fingerprint density at radius 1 is 1.38 bits per heavy atom. The highest BCUT2D eigenvalue weighted by Gasteiger charge is 2.33. The number of hydrogen-bond donors (Lipinski definition) is 1. The van der Waals surface area contributed by atoms with E-state index >= 15 is 0 Å². The maximum Gasteiger partial charge on any atom is 0.416 e. The molecular formula is C15H12F3NO2. The van der Waals surface area contributed by atoms with Gasteiger partial charge in [-0.15, -0.1) is 0 Å². The SMILES string of the molecule is CC1CCc2c1nc1ccc(C(F)(F)F)cc1c2C(=O)O. The fourth-order valence-corrected chi connectivity index (χ4v) is 2.90. The Bertz CT molecular complexity index is 753. The second-order valence-electron chi connectivity index (χ2n) is 5.33. The van der Waals surface area contributed by atoms with Crippen molar-refractivity contribution in [2.75, 3.05) is 0 Å². The van der Waals surface area contributed by atoms with E-state index in [1.165, 1.54) is 6.07 Å². The molecule has 1 N–H and O–H groups in total. The molecule has 1 aromatic carbocycles. The van der Waals surface area contributed by atoms with Gasteiger partial charge in [-0.1, -0.05) is 6.92 Å². The first-order chi connectivity index (χ1) is 9.79. The molecule has 2 aromatic rings. The quantitative estimate of drug-likeness (QED) is 0.865. The third kappa shape index (κ3) is 2.14. The average Bonchev–Trinajstić information content (AvgIpc) is 2.75. The van der Waals surface area contributed by atoms with E-state index in [-0.39, 0.29) is 16.9 Å². The Kier molecular flexibility index (Phi) is 2.93. The summed E-state index contributed by atoms with van der Waals surface area (Å²) in [5.74, 6) is -1.07. The fraction of sp³-hybridized carbons (Fsp3) is 0.333. The molecule has 1 aromatic heterocycles. The molecule has 1 aliphatic rings. The maximum absolute atomic E-state index is 12.8. The molecule has 1 atom stereocenters. The number of aromatic carboxylic acids is 1. The largest absolute Gasteiger partial charge is 0.478 e. The number of rotatable bonds is 1. The molecule has 110 valence electrons. The van der Waals surface area contributed by atoms with Crippen LogP contribution in [0, 0.1) is 0 Å². The first kappa shape index (κ1) is 13.9. The van der Waals surface area contributed by atoms with Crippen molar-refractivity contribution in [3.05, 3.63) is 40.6 Å². The van der Waals surface area contributed by atoms with Crippen molar-refractivity contribution in [1.82, 2.24) is 4.98 Å². The summed E-state index contributed by atoms with van der Waals surface area (Å²) in [5, 5.41) is 9.48. The van der Waals surface area contributed by atoms with Gasteiger partial charge in [-0.05, 0) is 42.5 Å². The van der Waals surface area contributed by atoms with Crippen LogP contribution in [0.3, 0.4) is 0 Å². The Morgan fingerprint density at radius 3 is 2.71 bits per heavy atom. The first-order valence-electron chi connectivity index (χ1n) is 6.56. The number of fused-ring (bicyclic) bond motifs is 2. The van der Waals surface area contributed by atoms with Crippen LogP contribution < -0.4 is 0 Å². The van der Waals surface area contributed by atoms with E-state index in [4.69, 9.17) is 0 Å². The summed E-state index contributed by atoms with van der Waals surface area (Å²) < 4.78 is 38.5. The Hall–Kier alpha value is -2.11. The number of carbonyl (C=O) groups is 1. The molecule has 1 aliphatic carbocycles. The molecule has 21 heavy (non-hydrogen) atoms. The number of alkyl halides is 3. The van der Waals surface area contributed by atoms with Crippen molar-refractivity contribution >= 4 is 16.9 Å². The van der Waals surface area contributed by atoms with Gasteiger partial charge in [0.05, 0.1) is 16.6 Å². The summed E-state index contributed by atoms with van der Waals surface area (Å²) in [7, 11) is 0. The molecule has 1 heterocycles. The van der Waals surface area contributed by atoms with Crippen LogP contribution in [0.1, 0.15) is 46.4 Å². The van der Waals surface area contributed by atoms with Crippen LogP contribution in [0.5, 0.6) is 0 Å². The molecule has 3 rings (SSSR count). The van der Waals surface area contributed by atoms with Crippen LogP contribution in [0.2, 0.25) is 0 Å². The number of carboxylic acid groups (broad SMARTS) is 1. The van der Waals surface area contributed by atoms with Gasteiger partial charge in [-0.25, -0.2) is 4.79 Å². The minimum atomic E-state index is -4.50. The number of carboxylic acids is 1. The molecule has 0 bridgehead atoms. The molecule has 1 unspecified atom stereocenters. The minimum Gasteiger partial charge on any atom is -0.478 e. The predicted octanol–water partition coefficient (Wildman–Crippen LogP) is 4.00. The van der Waals surface area contributed by atoms with Gasteiger partial charge in [-0.3, -0.25) is 4.98 Å². The van der Waals surface area contributed by atoms with Gasteiger partial charge in [0.1, 0.15) is 0 Å². The second-order valence-corrected chi connectivity index (χ2v) is 5.33. The average molecular weight is 295 g/mol. The monoisotopic (exact) mass is 295 g/mol. The van der Waals surface area contributed by atoms with Crippen molar-refractivity contribution < 1.29 is 23.1 Å². The second kappa shape index (κ2) is 4.44. The van der Waals surface area contributed by atoms with Crippen LogP contribution in [0.25, 0.3) is 10.9 Å². The van der Waals surface area contributed by atoms with Gasteiger partial charge in [0, 0.05) is 11.1 Å². The molecule has 0 radical (unpaired) electrons. The zero-order valence-corrected chi connectivity index (χ0v) is 11.2. The lowest BCUT2D eigenvalue weighted by Gasteiger charge is -2.13. The van der Waals surface area contributed by atoms with Crippen molar-refractivity contribution in [3.63, 3.8) is 0 Å². The minimum absolute atomic E-state index is 0.0366. The molecular weight excluding hydrogens is 283 g/mol. The van der Waals surface area contributed by atoms with E-state index in [9.17, 15) is 23.1 Å². The molecule has 0 aliphatic heterocycles. The molecule has 6 heteroatoms. The van der Waals surface area contributed by atoms with Crippen LogP contribution in [0.4, 0.5) is 13.2 Å². The Balaban J connectivity index is 2.37. The number of hydrogen-bond acceptors (Lipinski definition) is 2. The zero-order valence-electron chi connectivity index (χ0n) is 11.2. The van der Waals surface area contributed by atoms with E-state index in [2.05, 4.69) is 4.98 Å². The molecule has 0 saturated heterocycles. The van der Waals surface area contributed by atoms with Crippen molar-refractivity contribution in [1.29, 1.82) is 0 Å². The third-order valence-corrected chi connectivity index (χ3v) is 3.95. The molecule has 3 nitrogen and oxygen atoms in total. The van der Waals surface area contributed by atoms with Gasteiger partial charge in [0.2, 0.25) is 0 Å². The summed E-state index contributed by atoms with van der Waals surface area (Å²) in [6, 6.07) is 3.07. The fourth-order valence-electron chi connectivity index (χ4n) is 2.90. The molecule has 0 fully saturated rings. The summed E-state index contributed by atoms with van der Waals surface area (Å²) >= 11 is 0. The van der Waals surface area contributed by atoms with E-state index < -0.39 is 17.7 Å². The van der Waals surface area contributed by atoms with E-state index in [1.807, 2.05) is 6.92 Å². The van der Waals surface area contributed by atoms with Gasteiger partial charge < -0.3 is 5.11 Å². The Labute approximate surface area is 118 Å². The van der Waals surface area contributed by atoms with Crippen LogP contribution >= 0.6 is 0 Å². The lowest BCUT2D eigenvalue weighted by Crippen LogP contribution is -2.09. The highest BCUT2D eigenvalue weighted by atomic mass is 19.4. The van der Waals surface area contributed by atoms with E-state index in [0.29, 0.717) is 23.2 Å². The number of aromatic nitrogens is 1. The van der Waals surface area contributed by atoms with Crippen molar-refractivity contribution in [2.45, 2.75) is 31.9 Å².